The summed E-state index contributed by atoms with van der Waals surface area (Å²) >= 11 is 0. The fraction of sp³-hybridized carbons (Fsp3) is 0.188. The van der Waals surface area contributed by atoms with E-state index in [9.17, 15) is 9.90 Å². The quantitative estimate of drug-likeness (QED) is 0.734. The number of hydrogen-bond donors (Lipinski definition) is 3. The summed E-state index contributed by atoms with van der Waals surface area (Å²) in [7, 11) is 0. The van der Waals surface area contributed by atoms with Gasteiger partial charge >= 0.3 is 0 Å². The number of rotatable bonds is 2. The van der Waals surface area contributed by atoms with E-state index in [2.05, 4.69) is 5.32 Å². The largest absolute Gasteiger partial charge is 0.508 e. The molecule has 2 aromatic carbocycles. The molecule has 4 heteroatoms. The van der Waals surface area contributed by atoms with Crippen molar-refractivity contribution in [3.8, 4) is 5.75 Å². The molecule has 20 heavy (non-hydrogen) atoms. The number of benzene rings is 2. The third kappa shape index (κ3) is 2.59. The monoisotopic (exact) mass is 270 g/mol. The third-order valence-electron chi connectivity index (χ3n) is 3.46. The molecule has 0 aromatic heterocycles. The minimum Gasteiger partial charge on any atom is -0.508 e. The molecule has 4 nitrogen and oxygen atoms in total. The second kappa shape index (κ2) is 5.25. The molecule has 2 rings (SSSR count). The average Bonchev–Trinajstić information content (AvgIpc) is 2.39. The van der Waals surface area contributed by atoms with E-state index < -0.39 is 0 Å². The van der Waals surface area contributed by atoms with Gasteiger partial charge in [-0.05, 0) is 56.2 Å². The predicted octanol–water partition coefficient (Wildman–Crippen LogP) is 3.15. The number of aromatic hydroxyl groups is 1. The lowest BCUT2D eigenvalue weighted by atomic mass is 10.1. The summed E-state index contributed by atoms with van der Waals surface area (Å²) in [4.78, 5) is 12.3. The third-order valence-corrected chi connectivity index (χ3v) is 3.46. The first kappa shape index (κ1) is 13.9. The molecule has 0 aliphatic rings. The van der Waals surface area contributed by atoms with Crippen LogP contribution in [0, 0.1) is 20.8 Å². The Labute approximate surface area is 118 Å². The lowest BCUT2D eigenvalue weighted by Crippen LogP contribution is -2.14. The molecular formula is C16H18N2O2. The Balaban J connectivity index is 2.33. The van der Waals surface area contributed by atoms with Gasteiger partial charge in [0.15, 0.2) is 0 Å². The van der Waals surface area contributed by atoms with Gasteiger partial charge in [0.1, 0.15) is 5.75 Å². The Kier molecular flexibility index (Phi) is 3.66. The van der Waals surface area contributed by atoms with Crippen LogP contribution in [0.15, 0.2) is 30.3 Å². The van der Waals surface area contributed by atoms with Crippen LogP contribution < -0.4 is 11.1 Å². The van der Waals surface area contributed by atoms with Crippen molar-refractivity contribution in [2.45, 2.75) is 20.8 Å². The molecule has 0 fully saturated rings. The number of phenols is 1. The van der Waals surface area contributed by atoms with Gasteiger partial charge in [0, 0.05) is 11.1 Å². The van der Waals surface area contributed by atoms with Crippen molar-refractivity contribution in [1.82, 2.24) is 0 Å². The van der Waals surface area contributed by atoms with Crippen molar-refractivity contribution in [3.05, 3.63) is 52.6 Å². The van der Waals surface area contributed by atoms with Crippen LogP contribution in [0.1, 0.15) is 27.0 Å². The van der Waals surface area contributed by atoms with E-state index in [-0.39, 0.29) is 11.7 Å². The first-order valence-electron chi connectivity index (χ1n) is 6.37. The van der Waals surface area contributed by atoms with Crippen LogP contribution in [0.3, 0.4) is 0 Å². The molecule has 0 heterocycles. The highest BCUT2D eigenvalue weighted by molar-refractivity contribution is 6.07. The Bertz CT molecular complexity index is 678. The molecule has 0 spiro atoms. The maximum Gasteiger partial charge on any atom is 0.256 e. The van der Waals surface area contributed by atoms with Crippen molar-refractivity contribution in [2.24, 2.45) is 0 Å². The number of phenolic OH excluding ortho intramolecular Hbond substituents is 1. The van der Waals surface area contributed by atoms with Gasteiger partial charge in [-0.25, -0.2) is 0 Å². The van der Waals surface area contributed by atoms with Gasteiger partial charge < -0.3 is 16.2 Å². The topological polar surface area (TPSA) is 75.3 Å². The van der Waals surface area contributed by atoms with Crippen LogP contribution in [0.4, 0.5) is 11.4 Å². The molecule has 1 amide bonds. The van der Waals surface area contributed by atoms with Gasteiger partial charge in [0.2, 0.25) is 0 Å². The van der Waals surface area contributed by atoms with Crippen LogP contribution in [-0.2, 0) is 0 Å². The number of amides is 1. The highest BCUT2D eigenvalue weighted by Crippen LogP contribution is 2.25. The van der Waals surface area contributed by atoms with E-state index in [4.69, 9.17) is 5.73 Å². The van der Waals surface area contributed by atoms with Gasteiger partial charge in [-0.1, -0.05) is 6.07 Å². The zero-order valence-corrected chi connectivity index (χ0v) is 11.8. The van der Waals surface area contributed by atoms with Gasteiger partial charge in [0.25, 0.3) is 5.91 Å². The summed E-state index contributed by atoms with van der Waals surface area (Å²) < 4.78 is 0. The zero-order valence-electron chi connectivity index (χ0n) is 11.8. The summed E-state index contributed by atoms with van der Waals surface area (Å²) in [6.07, 6.45) is 0. The lowest BCUT2D eigenvalue weighted by molar-refractivity contribution is 0.102. The second-order valence-electron chi connectivity index (χ2n) is 4.93. The number of hydrogen-bond acceptors (Lipinski definition) is 3. The van der Waals surface area contributed by atoms with E-state index in [1.54, 1.807) is 25.1 Å². The average molecular weight is 270 g/mol. The maximum atomic E-state index is 12.3. The number of aryl methyl sites for hydroxylation is 2. The molecular weight excluding hydrogens is 252 g/mol. The van der Waals surface area contributed by atoms with E-state index in [1.165, 1.54) is 0 Å². The maximum absolute atomic E-state index is 12.3. The molecule has 4 N–H and O–H groups in total. The van der Waals surface area contributed by atoms with Crippen molar-refractivity contribution in [2.75, 3.05) is 11.1 Å². The molecule has 0 radical (unpaired) electrons. The molecule has 104 valence electrons. The molecule has 2 aromatic rings. The predicted molar refractivity (Wildman–Crippen MR) is 81.1 cm³/mol. The van der Waals surface area contributed by atoms with Crippen LogP contribution in [0.2, 0.25) is 0 Å². The van der Waals surface area contributed by atoms with Crippen molar-refractivity contribution in [3.63, 3.8) is 0 Å². The van der Waals surface area contributed by atoms with Crippen LogP contribution in [-0.4, -0.2) is 11.0 Å². The number of anilines is 2. The molecule has 0 atom stereocenters. The van der Waals surface area contributed by atoms with E-state index in [0.29, 0.717) is 22.5 Å². The van der Waals surface area contributed by atoms with Gasteiger partial charge in [-0.2, -0.15) is 0 Å². The fourth-order valence-corrected chi connectivity index (χ4v) is 2.01. The molecule has 0 saturated carbocycles. The summed E-state index contributed by atoms with van der Waals surface area (Å²) in [5.41, 5.74) is 10.1. The zero-order chi connectivity index (χ0) is 14.9. The number of nitrogen functional groups attached to an aromatic ring is 1. The second-order valence-corrected chi connectivity index (χ2v) is 4.93. The lowest BCUT2D eigenvalue weighted by Gasteiger charge is -2.12. The SMILES string of the molecule is Cc1cc(N)c(NC(=O)c2cccc(O)c2C)cc1C. The number of carbonyl (C=O) groups is 1. The van der Waals surface area contributed by atoms with E-state index in [0.717, 1.165) is 11.1 Å². The molecule has 0 bridgehead atoms. The Morgan fingerprint density at radius 2 is 1.80 bits per heavy atom. The summed E-state index contributed by atoms with van der Waals surface area (Å²) in [5.74, 6) is -0.181. The smallest absolute Gasteiger partial charge is 0.256 e. The van der Waals surface area contributed by atoms with E-state index in [1.807, 2.05) is 26.0 Å². The Hall–Kier alpha value is -2.49. The fourth-order valence-electron chi connectivity index (χ4n) is 2.01. The number of nitrogens with one attached hydrogen (secondary N) is 1. The first-order chi connectivity index (χ1) is 9.40. The number of nitrogens with two attached hydrogens (primary N) is 1. The van der Waals surface area contributed by atoms with E-state index >= 15 is 0 Å². The van der Waals surface area contributed by atoms with Crippen LogP contribution in [0.25, 0.3) is 0 Å². The minimum atomic E-state index is -0.284. The molecule has 0 aliphatic heterocycles. The summed E-state index contributed by atoms with van der Waals surface area (Å²) in [6.45, 7) is 5.63. The Morgan fingerprint density at radius 3 is 2.50 bits per heavy atom. The minimum absolute atomic E-state index is 0.103. The molecule has 0 saturated heterocycles. The van der Waals surface area contributed by atoms with Crippen molar-refractivity contribution in [1.29, 1.82) is 0 Å². The van der Waals surface area contributed by atoms with Crippen LogP contribution >= 0.6 is 0 Å². The highest BCUT2D eigenvalue weighted by atomic mass is 16.3. The van der Waals surface area contributed by atoms with Crippen LogP contribution in [0.5, 0.6) is 5.75 Å². The van der Waals surface area contributed by atoms with Gasteiger partial charge in [-0.3, -0.25) is 4.79 Å². The van der Waals surface area contributed by atoms with Crippen molar-refractivity contribution >= 4 is 17.3 Å². The molecule has 0 aliphatic carbocycles. The van der Waals surface area contributed by atoms with Gasteiger partial charge in [0.05, 0.1) is 11.4 Å². The Morgan fingerprint density at radius 1 is 1.15 bits per heavy atom. The molecule has 0 unspecified atom stereocenters. The standard InChI is InChI=1S/C16H18N2O2/c1-9-7-13(17)14(8-10(9)2)18-16(20)12-5-4-6-15(19)11(12)3/h4-8,19H,17H2,1-3H3,(H,18,20). The highest BCUT2D eigenvalue weighted by Gasteiger charge is 2.13. The van der Waals surface area contributed by atoms with Crippen molar-refractivity contribution < 1.29 is 9.90 Å². The first-order valence-corrected chi connectivity index (χ1v) is 6.37. The number of carbonyl (C=O) groups excluding carboxylic acids is 1. The summed E-state index contributed by atoms with van der Waals surface area (Å²) in [6, 6.07) is 8.54. The van der Waals surface area contributed by atoms with Gasteiger partial charge in [-0.15, -0.1) is 0 Å². The normalized spacial score (nSPS) is 10.3. The summed E-state index contributed by atoms with van der Waals surface area (Å²) in [5, 5.41) is 12.4.